The molecule has 0 saturated carbocycles. The summed E-state index contributed by atoms with van der Waals surface area (Å²) in [5.41, 5.74) is 0.367. The fraction of sp³-hybridized carbons (Fsp3) is 0.312. The monoisotopic (exact) mass is 334 g/mol. The van der Waals surface area contributed by atoms with E-state index in [-0.39, 0.29) is 10.8 Å². The first-order chi connectivity index (χ1) is 10.8. The number of carbonyl (C=O) groups is 2. The van der Waals surface area contributed by atoms with Crippen molar-refractivity contribution in [1.29, 1.82) is 0 Å². The molecule has 7 heteroatoms. The molecule has 1 heterocycles. The van der Waals surface area contributed by atoms with Crippen LogP contribution < -0.4 is 5.32 Å². The number of thiazole rings is 1. The fourth-order valence-corrected chi connectivity index (χ4v) is 2.73. The summed E-state index contributed by atoms with van der Waals surface area (Å²) in [7, 11) is 1.29. The van der Waals surface area contributed by atoms with E-state index in [1.54, 1.807) is 20.8 Å². The quantitative estimate of drug-likeness (QED) is 0.860. The molecule has 23 heavy (non-hydrogen) atoms. The third-order valence-electron chi connectivity index (χ3n) is 2.65. The Hall–Kier alpha value is -2.41. The van der Waals surface area contributed by atoms with Crippen molar-refractivity contribution in [3.8, 4) is 10.4 Å². The molecule has 0 aliphatic rings. The molecule has 0 radical (unpaired) electrons. The lowest BCUT2D eigenvalue weighted by molar-refractivity contribution is 0.0591. The van der Waals surface area contributed by atoms with E-state index < -0.39 is 17.7 Å². The van der Waals surface area contributed by atoms with Gasteiger partial charge in [0.2, 0.25) is 0 Å². The van der Waals surface area contributed by atoms with Gasteiger partial charge in [0.1, 0.15) is 5.60 Å². The van der Waals surface area contributed by atoms with Crippen LogP contribution in [0.3, 0.4) is 0 Å². The van der Waals surface area contributed by atoms with E-state index in [2.05, 4.69) is 10.3 Å². The smallest absolute Gasteiger partial charge is 0.413 e. The molecule has 0 aliphatic heterocycles. The Morgan fingerprint density at radius 2 is 1.83 bits per heavy atom. The summed E-state index contributed by atoms with van der Waals surface area (Å²) in [5.74, 6) is -0.558. The van der Waals surface area contributed by atoms with Gasteiger partial charge in [0.05, 0.1) is 12.0 Å². The summed E-state index contributed by atoms with van der Waals surface area (Å²) >= 11 is 1.19. The number of ether oxygens (including phenoxy) is 2. The molecule has 1 aromatic carbocycles. The van der Waals surface area contributed by atoms with Crippen molar-refractivity contribution < 1.29 is 19.1 Å². The van der Waals surface area contributed by atoms with Gasteiger partial charge < -0.3 is 9.47 Å². The third-order valence-corrected chi connectivity index (χ3v) is 3.67. The number of anilines is 1. The summed E-state index contributed by atoms with van der Waals surface area (Å²) in [6.45, 7) is 5.30. The highest BCUT2D eigenvalue weighted by molar-refractivity contribution is 7.19. The van der Waals surface area contributed by atoms with Gasteiger partial charge in [0.25, 0.3) is 0 Å². The second-order valence-corrected chi connectivity index (χ2v) is 6.68. The van der Waals surface area contributed by atoms with Gasteiger partial charge >= 0.3 is 12.1 Å². The van der Waals surface area contributed by atoms with Crippen molar-refractivity contribution >= 4 is 28.5 Å². The molecule has 122 valence electrons. The zero-order valence-corrected chi connectivity index (χ0v) is 14.2. The number of nitrogens with one attached hydrogen (secondary N) is 1. The van der Waals surface area contributed by atoms with Crippen LogP contribution in [0, 0.1) is 0 Å². The summed E-state index contributed by atoms with van der Waals surface area (Å²) in [6, 6.07) is 9.31. The van der Waals surface area contributed by atoms with Gasteiger partial charge in [-0.2, -0.15) is 0 Å². The molecule has 6 nitrogen and oxygen atoms in total. The van der Waals surface area contributed by atoms with Crippen LogP contribution in [0.15, 0.2) is 30.3 Å². The van der Waals surface area contributed by atoms with Gasteiger partial charge in [-0.15, -0.1) is 0 Å². The Morgan fingerprint density at radius 3 is 2.39 bits per heavy atom. The summed E-state index contributed by atoms with van der Waals surface area (Å²) in [4.78, 5) is 28.5. The first kappa shape index (κ1) is 17.0. The first-order valence-electron chi connectivity index (χ1n) is 6.95. The standard InChI is InChI=1S/C16H18N2O4S/c1-16(2,3)22-15(20)18-14-17-11(13(19)21-4)12(23-14)10-8-6-5-7-9-10/h5-9H,1-4H3,(H,17,18,20). The Morgan fingerprint density at radius 1 is 1.17 bits per heavy atom. The summed E-state index contributed by atoms with van der Waals surface area (Å²) in [5, 5.41) is 2.82. The zero-order valence-electron chi connectivity index (χ0n) is 13.4. The largest absolute Gasteiger partial charge is 0.464 e. The Balaban J connectivity index is 2.31. The molecule has 0 aliphatic carbocycles. The molecule has 0 bridgehead atoms. The normalized spacial score (nSPS) is 11.0. The molecule has 1 N–H and O–H groups in total. The Bertz CT molecular complexity index is 705. The predicted octanol–water partition coefficient (Wildman–Crippen LogP) is 3.94. The topological polar surface area (TPSA) is 77.5 Å². The highest BCUT2D eigenvalue weighted by Gasteiger charge is 2.22. The minimum atomic E-state index is -0.623. The first-order valence-corrected chi connectivity index (χ1v) is 7.76. The Labute approximate surface area is 138 Å². The van der Waals surface area contributed by atoms with Crippen molar-refractivity contribution in [2.45, 2.75) is 26.4 Å². The van der Waals surface area contributed by atoms with E-state index in [9.17, 15) is 9.59 Å². The van der Waals surface area contributed by atoms with Gasteiger partial charge in [0.15, 0.2) is 10.8 Å². The van der Waals surface area contributed by atoms with Crippen molar-refractivity contribution in [3.63, 3.8) is 0 Å². The van der Waals surface area contributed by atoms with Crippen LogP contribution in [-0.2, 0) is 9.47 Å². The van der Waals surface area contributed by atoms with Gasteiger partial charge in [-0.1, -0.05) is 41.7 Å². The number of aromatic nitrogens is 1. The highest BCUT2D eigenvalue weighted by atomic mass is 32.1. The van der Waals surface area contributed by atoms with Crippen molar-refractivity contribution in [3.05, 3.63) is 36.0 Å². The lowest BCUT2D eigenvalue weighted by Crippen LogP contribution is -2.27. The van der Waals surface area contributed by atoms with Crippen LogP contribution >= 0.6 is 11.3 Å². The maximum Gasteiger partial charge on any atom is 0.413 e. The van der Waals surface area contributed by atoms with Crippen molar-refractivity contribution in [2.24, 2.45) is 0 Å². The van der Waals surface area contributed by atoms with Crippen LogP contribution in [0.5, 0.6) is 0 Å². The maximum atomic E-state index is 11.9. The Kier molecular flexibility index (Phi) is 5.00. The van der Waals surface area contributed by atoms with Gasteiger partial charge in [-0.05, 0) is 26.3 Å². The molecule has 2 aromatic rings. The summed E-state index contributed by atoms with van der Waals surface area (Å²) < 4.78 is 9.94. The van der Waals surface area contributed by atoms with Crippen molar-refractivity contribution in [2.75, 3.05) is 12.4 Å². The van der Waals surface area contributed by atoms with E-state index in [0.717, 1.165) is 5.56 Å². The third kappa shape index (κ3) is 4.53. The number of amides is 1. The second kappa shape index (κ2) is 6.78. The molecule has 0 saturated heterocycles. The number of esters is 1. The number of nitrogens with zero attached hydrogens (tertiary/aromatic N) is 1. The van der Waals surface area contributed by atoms with Crippen LogP contribution in [0.1, 0.15) is 31.3 Å². The predicted molar refractivity (Wildman–Crippen MR) is 88.7 cm³/mol. The molecule has 0 fully saturated rings. The fourth-order valence-electron chi connectivity index (χ4n) is 1.78. The van der Waals surface area contributed by atoms with E-state index in [1.807, 2.05) is 30.3 Å². The molecular formula is C16H18N2O4S. The average molecular weight is 334 g/mol. The average Bonchev–Trinajstić information content (AvgIpc) is 2.89. The number of hydrogen-bond donors (Lipinski definition) is 1. The van der Waals surface area contributed by atoms with Crippen LogP contribution in [-0.4, -0.2) is 29.8 Å². The molecule has 2 rings (SSSR count). The van der Waals surface area contributed by atoms with Crippen LogP contribution in [0.4, 0.5) is 9.93 Å². The SMILES string of the molecule is COC(=O)c1nc(NC(=O)OC(C)(C)C)sc1-c1ccccc1. The van der Waals surface area contributed by atoms with Crippen LogP contribution in [0.2, 0.25) is 0 Å². The van der Waals surface area contributed by atoms with Crippen LogP contribution in [0.25, 0.3) is 10.4 Å². The molecule has 0 atom stereocenters. The highest BCUT2D eigenvalue weighted by Crippen LogP contribution is 2.33. The van der Waals surface area contributed by atoms with Crippen molar-refractivity contribution in [1.82, 2.24) is 4.98 Å². The summed E-state index contributed by atoms with van der Waals surface area (Å²) in [6.07, 6.45) is -0.623. The van der Waals surface area contributed by atoms with Gasteiger partial charge in [-0.3, -0.25) is 5.32 Å². The van der Waals surface area contributed by atoms with Gasteiger partial charge in [-0.25, -0.2) is 14.6 Å². The minimum absolute atomic E-state index is 0.162. The minimum Gasteiger partial charge on any atom is -0.464 e. The maximum absolute atomic E-state index is 11.9. The van der Waals surface area contributed by atoms with Gasteiger partial charge in [0, 0.05) is 0 Å². The number of rotatable bonds is 3. The lowest BCUT2D eigenvalue weighted by atomic mass is 10.1. The second-order valence-electron chi connectivity index (χ2n) is 5.68. The van der Waals surface area contributed by atoms with E-state index in [1.165, 1.54) is 18.4 Å². The molecule has 1 aromatic heterocycles. The zero-order chi connectivity index (χ0) is 17.0. The number of methoxy groups -OCH3 is 1. The molecule has 1 amide bonds. The van der Waals surface area contributed by atoms with E-state index in [4.69, 9.17) is 9.47 Å². The number of carbonyl (C=O) groups excluding carboxylic acids is 2. The lowest BCUT2D eigenvalue weighted by Gasteiger charge is -2.18. The van der Waals surface area contributed by atoms with E-state index in [0.29, 0.717) is 4.88 Å². The molecule has 0 unspecified atom stereocenters. The van der Waals surface area contributed by atoms with E-state index >= 15 is 0 Å². The molecule has 0 spiro atoms. The number of hydrogen-bond acceptors (Lipinski definition) is 6. The number of benzene rings is 1. The molecular weight excluding hydrogens is 316 g/mol.